The second kappa shape index (κ2) is 4.19. The third kappa shape index (κ3) is 1.96. The summed E-state index contributed by atoms with van der Waals surface area (Å²) < 4.78 is 0. The molecule has 0 atom stereocenters. The molecule has 90 valence electrons. The summed E-state index contributed by atoms with van der Waals surface area (Å²) in [6.45, 7) is 0. The van der Waals surface area contributed by atoms with Crippen LogP contribution in [0, 0.1) is 0 Å². The molecule has 0 aliphatic heterocycles. The molecule has 2 heterocycles. The van der Waals surface area contributed by atoms with E-state index >= 15 is 0 Å². The van der Waals surface area contributed by atoms with E-state index in [-0.39, 0.29) is 5.69 Å². The SMILES string of the molecule is O=c1[nH]c2cc(Nc3ccccc3Cl)cnc2[nH]1. The van der Waals surface area contributed by atoms with E-state index in [1.54, 1.807) is 18.3 Å². The summed E-state index contributed by atoms with van der Waals surface area (Å²) in [6.07, 6.45) is 1.63. The van der Waals surface area contributed by atoms with Gasteiger partial charge >= 0.3 is 5.69 Å². The Hall–Kier alpha value is -2.27. The number of H-pyrrole nitrogens is 2. The molecule has 3 aromatic rings. The second-order valence-corrected chi connectivity index (χ2v) is 4.21. The van der Waals surface area contributed by atoms with E-state index in [9.17, 15) is 4.79 Å². The van der Waals surface area contributed by atoms with Gasteiger partial charge in [-0.1, -0.05) is 23.7 Å². The van der Waals surface area contributed by atoms with Gasteiger partial charge in [-0.3, -0.25) is 4.98 Å². The summed E-state index contributed by atoms with van der Waals surface area (Å²) in [5.41, 5.74) is 2.46. The maximum atomic E-state index is 11.1. The normalized spacial score (nSPS) is 10.7. The number of aromatic amines is 2. The van der Waals surface area contributed by atoms with E-state index in [1.807, 2.05) is 18.2 Å². The first kappa shape index (κ1) is 10.9. The van der Waals surface area contributed by atoms with Crippen molar-refractivity contribution in [3.05, 3.63) is 52.0 Å². The zero-order valence-corrected chi connectivity index (χ0v) is 9.95. The fourth-order valence-electron chi connectivity index (χ4n) is 1.71. The van der Waals surface area contributed by atoms with E-state index < -0.39 is 0 Å². The minimum Gasteiger partial charge on any atom is -0.353 e. The topological polar surface area (TPSA) is 73.6 Å². The van der Waals surface area contributed by atoms with E-state index in [4.69, 9.17) is 11.6 Å². The van der Waals surface area contributed by atoms with Gasteiger partial charge in [0.15, 0.2) is 5.65 Å². The van der Waals surface area contributed by atoms with Crippen LogP contribution in [0.15, 0.2) is 41.3 Å². The largest absolute Gasteiger partial charge is 0.353 e. The molecule has 5 nitrogen and oxygen atoms in total. The van der Waals surface area contributed by atoms with Gasteiger partial charge in [0, 0.05) is 0 Å². The van der Waals surface area contributed by atoms with Crippen LogP contribution in [-0.2, 0) is 0 Å². The highest BCUT2D eigenvalue weighted by atomic mass is 35.5. The Kier molecular flexibility index (Phi) is 2.53. The van der Waals surface area contributed by atoms with Crippen molar-refractivity contribution >= 4 is 34.1 Å². The van der Waals surface area contributed by atoms with Crippen molar-refractivity contribution in [1.82, 2.24) is 15.0 Å². The van der Waals surface area contributed by atoms with Crippen LogP contribution >= 0.6 is 11.6 Å². The average molecular weight is 261 g/mol. The van der Waals surface area contributed by atoms with Gasteiger partial charge in [-0.2, -0.15) is 0 Å². The Morgan fingerprint density at radius 1 is 1.22 bits per heavy atom. The third-order valence-corrected chi connectivity index (χ3v) is 2.85. The summed E-state index contributed by atoms with van der Waals surface area (Å²) in [6, 6.07) is 9.21. The van der Waals surface area contributed by atoms with Gasteiger partial charge in [0.05, 0.1) is 28.1 Å². The van der Waals surface area contributed by atoms with Crippen LogP contribution in [0.3, 0.4) is 0 Å². The van der Waals surface area contributed by atoms with E-state index in [0.717, 1.165) is 11.4 Å². The molecule has 18 heavy (non-hydrogen) atoms. The third-order valence-electron chi connectivity index (χ3n) is 2.52. The van der Waals surface area contributed by atoms with Gasteiger partial charge in [0.1, 0.15) is 0 Å². The summed E-state index contributed by atoms with van der Waals surface area (Å²) in [5, 5.41) is 3.77. The van der Waals surface area contributed by atoms with Crippen LogP contribution in [0.25, 0.3) is 11.2 Å². The molecule has 0 bridgehead atoms. The van der Waals surface area contributed by atoms with Gasteiger partial charge in [-0.05, 0) is 18.2 Å². The fraction of sp³-hybridized carbons (Fsp3) is 0. The zero-order valence-electron chi connectivity index (χ0n) is 9.20. The lowest BCUT2D eigenvalue weighted by Crippen LogP contribution is -1.99. The van der Waals surface area contributed by atoms with Crippen molar-refractivity contribution in [3.63, 3.8) is 0 Å². The van der Waals surface area contributed by atoms with Crippen LogP contribution in [0.4, 0.5) is 11.4 Å². The molecule has 0 amide bonds. The fourth-order valence-corrected chi connectivity index (χ4v) is 1.89. The Morgan fingerprint density at radius 3 is 2.89 bits per heavy atom. The molecule has 1 aromatic carbocycles. The second-order valence-electron chi connectivity index (χ2n) is 3.80. The lowest BCUT2D eigenvalue weighted by molar-refractivity contribution is 1.20. The minimum atomic E-state index is -0.271. The van der Waals surface area contributed by atoms with Crippen molar-refractivity contribution in [2.75, 3.05) is 5.32 Å². The predicted octanol–water partition coefficient (Wildman–Crippen LogP) is 2.65. The molecule has 6 heteroatoms. The maximum absolute atomic E-state index is 11.1. The molecule has 3 N–H and O–H groups in total. The highest BCUT2D eigenvalue weighted by Gasteiger charge is 2.03. The maximum Gasteiger partial charge on any atom is 0.325 e. The number of hydrogen-bond acceptors (Lipinski definition) is 3. The molecule has 0 saturated heterocycles. The molecular formula is C12H9ClN4O. The summed E-state index contributed by atoms with van der Waals surface area (Å²) in [5.74, 6) is 0. The van der Waals surface area contributed by atoms with Crippen molar-refractivity contribution in [2.45, 2.75) is 0 Å². The summed E-state index contributed by atoms with van der Waals surface area (Å²) in [4.78, 5) is 20.5. The van der Waals surface area contributed by atoms with Gasteiger partial charge < -0.3 is 10.3 Å². The quantitative estimate of drug-likeness (QED) is 0.663. The number of para-hydroxylation sites is 1. The lowest BCUT2D eigenvalue weighted by Gasteiger charge is -2.07. The summed E-state index contributed by atoms with van der Waals surface area (Å²) in [7, 11) is 0. The number of rotatable bonds is 2. The first-order valence-electron chi connectivity index (χ1n) is 5.32. The number of pyridine rings is 1. The van der Waals surface area contributed by atoms with Crippen molar-refractivity contribution < 1.29 is 0 Å². The first-order chi connectivity index (χ1) is 8.72. The van der Waals surface area contributed by atoms with Gasteiger partial charge in [0.25, 0.3) is 0 Å². The number of benzene rings is 1. The standard InChI is InChI=1S/C12H9ClN4O/c13-8-3-1-2-4-9(8)15-7-5-10-11(14-6-7)17-12(18)16-10/h1-6,15H,(H2,14,16,17,18). The molecule has 3 rings (SSSR count). The first-order valence-corrected chi connectivity index (χ1v) is 5.70. The Balaban J connectivity index is 2.00. The van der Waals surface area contributed by atoms with Crippen LogP contribution in [-0.4, -0.2) is 15.0 Å². The molecule has 0 spiro atoms. The van der Waals surface area contributed by atoms with E-state index in [1.165, 1.54) is 0 Å². The molecule has 0 fully saturated rings. The zero-order chi connectivity index (χ0) is 12.5. The Bertz CT molecular complexity index is 762. The van der Waals surface area contributed by atoms with Gasteiger partial charge in [0.2, 0.25) is 0 Å². The highest BCUT2D eigenvalue weighted by molar-refractivity contribution is 6.33. The number of halogens is 1. The average Bonchev–Trinajstić information content (AvgIpc) is 2.71. The van der Waals surface area contributed by atoms with Gasteiger partial charge in [-0.25, -0.2) is 9.78 Å². The molecule has 0 unspecified atom stereocenters. The predicted molar refractivity (Wildman–Crippen MR) is 71.4 cm³/mol. The lowest BCUT2D eigenvalue weighted by atomic mass is 10.3. The molecule has 0 saturated carbocycles. The van der Waals surface area contributed by atoms with Gasteiger partial charge in [-0.15, -0.1) is 0 Å². The molecular weight excluding hydrogens is 252 g/mol. The molecule has 0 radical (unpaired) electrons. The molecule has 2 aromatic heterocycles. The number of nitrogens with one attached hydrogen (secondary N) is 3. The monoisotopic (exact) mass is 260 g/mol. The van der Waals surface area contributed by atoms with Crippen molar-refractivity contribution in [2.24, 2.45) is 0 Å². The summed E-state index contributed by atoms with van der Waals surface area (Å²) >= 11 is 6.05. The van der Waals surface area contributed by atoms with Crippen LogP contribution < -0.4 is 11.0 Å². The van der Waals surface area contributed by atoms with E-state index in [0.29, 0.717) is 16.2 Å². The molecule has 0 aliphatic carbocycles. The van der Waals surface area contributed by atoms with Crippen LogP contribution in [0.1, 0.15) is 0 Å². The Labute approximate surface area is 107 Å². The molecule has 0 aliphatic rings. The van der Waals surface area contributed by atoms with Crippen LogP contribution in [0.2, 0.25) is 5.02 Å². The highest BCUT2D eigenvalue weighted by Crippen LogP contribution is 2.25. The number of aromatic nitrogens is 3. The number of nitrogens with zero attached hydrogens (tertiary/aromatic N) is 1. The van der Waals surface area contributed by atoms with Crippen molar-refractivity contribution in [1.29, 1.82) is 0 Å². The van der Waals surface area contributed by atoms with Crippen LogP contribution in [0.5, 0.6) is 0 Å². The van der Waals surface area contributed by atoms with Crippen molar-refractivity contribution in [3.8, 4) is 0 Å². The van der Waals surface area contributed by atoms with E-state index in [2.05, 4.69) is 20.3 Å². The number of imidazole rings is 1. The Morgan fingerprint density at radius 2 is 2.06 bits per heavy atom. The minimum absolute atomic E-state index is 0.271. The number of hydrogen-bond donors (Lipinski definition) is 3. The number of anilines is 2. The number of fused-ring (bicyclic) bond motifs is 1. The smallest absolute Gasteiger partial charge is 0.325 e.